The lowest BCUT2D eigenvalue weighted by Gasteiger charge is -2.26. The van der Waals surface area contributed by atoms with Crippen LogP contribution >= 0.6 is 0 Å². The third kappa shape index (κ3) is 3.81. The van der Waals surface area contributed by atoms with Gasteiger partial charge in [-0.2, -0.15) is 0 Å². The molecule has 4 nitrogen and oxygen atoms in total. The van der Waals surface area contributed by atoms with Crippen LogP contribution in [-0.2, 0) is 10.0 Å². The molecule has 1 heterocycles. The van der Waals surface area contributed by atoms with E-state index in [9.17, 15) is 8.42 Å². The summed E-state index contributed by atoms with van der Waals surface area (Å²) >= 11 is 0. The van der Waals surface area contributed by atoms with E-state index in [1.807, 2.05) is 26.0 Å². The Labute approximate surface area is 122 Å². The Morgan fingerprint density at radius 3 is 2.50 bits per heavy atom. The molecule has 0 bridgehead atoms. The zero-order valence-corrected chi connectivity index (χ0v) is 13.4. The van der Waals surface area contributed by atoms with E-state index in [0.29, 0.717) is 17.4 Å². The van der Waals surface area contributed by atoms with E-state index >= 15 is 0 Å². The number of sulfonamides is 1. The molecule has 0 aliphatic carbocycles. The number of likely N-dealkylation sites (tertiary alicyclic amines) is 1. The van der Waals surface area contributed by atoms with Crippen LogP contribution < -0.4 is 9.62 Å². The predicted molar refractivity (Wildman–Crippen MR) is 80.4 cm³/mol. The Balaban J connectivity index is 2.00. The van der Waals surface area contributed by atoms with Gasteiger partial charge in [0.15, 0.2) is 0 Å². The van der Waals surface area contributed by atoms with E-state index in [4.69, 9.17) is 0 Å². The second-order valence-corrected chi connectivity index (χ2v) is 7.76. The van der Waals surface area contributed by atoms with Crippen molar-refractivity contribution in [3.63, 3.8) is 0 Å². The SMILES string of the molecule is Cc1ccc(S(=O)(=O)NCC2CC[NH+](C)CC2)c(C)c1. The van der Waals surface area contributed by atoms with Crippen molar-refractivity contribution in [2.75, 3.05) is 26.7 Å². The molecule has 0 spiro atoms. The molecule has 1 fully saturated rings. The van der Waals surface area contributed by atoms with E-state index in [1.54, 1.807) is 11.0 Å². The summed E-state index contributed by atoms with van der Waals surface area (Å²) in [6.07, 6.45) is 2.20. The fourth-order valence-electron chi connectivity index (χ4n) is 2.78. The number of aryl methyl sites for hydroxylation is 2. The normalized spacial score (nSPS) is 23.8. The van der Waals surface area contributed by atoms with Crippen molar-refractivity contribution in [2.45, 2.75) is 31.6 Å². The van der Waals surface area contributed by atoms with E-state index in [0.717, 1.165) is 37.1 Å². The van der Waals surface area contributed by atoms with Crippen molar-refractivity contribution in [1.82, 2.24) is 4.72 Å². The number of piperidine rings is 1. The summed E-state index contributed by atoms with van der Waals surface area (Å²) in [5.41, 5.74) is 1.89. The van der Waals surface area contributed by atoms with Gasteiger partial charge in [-0.25, -0.2) is 13.1 Å². The molecule has 1 aliphatic rings. The Kier molecular flexibility index (Phi) is 4.83. The van der Waals surface area contributed by atoms with Crippen LogP contribution in [0.25, 0.3) is 0 Å². The number of quaternary nitrogens is 1. The molecule has 0 radical (unpaired) electrons. The first-order valence-electron chi connectivity index (χ1n) is 7.27. The van der Waals surface area contributed by atoms with Crippen molar-refractivity contribution in [3.05, 3.63) is 29.3 Å². The highest BCUT2D eigenvalue weighted by Crippen LogP contribution is 2.17. The summed E-state index contributed by atoms with van der Waals surface area (Å²) < 4.78 is 27.5. The molecule has 1 aliphatic heterocycles. The topological polar surface area (TPSA) is 50.6 Å². The number of hydrogen-bond donors (Lipinski definition) is 2. The second kappa shape index (κ2) is 6.24. The first-order chi connectivity index (χ1) is 9.38. The Hall–Kier alpha value is -0.910. The molecule has 112 valence electrons. The molecular formula is C15H25N2O2S+. The van der Waals surface area contributed by atoms with Crippen LogP contribution in [-0.4, -0.2) is 35.1 Å². The van der Waals surface area contributed by atoms with Crippen LogP contribution in [0.15, 0.2) is 23.1 Å². The molecule has 5 heteroatoms. The number of hydrogen-bond acceptors (Lipinski definition) is 2. The molecule has 1 aromatic carbocycles. The maximum Gasteiger partial charge on any atom is 0.240 e. The van der Waals surface area contributed by atoms with Gasteiger partial charge < -0.3 is 4.90 Å². The maximum atomic E-state index is 12.4. The van der Waals surface area contributed by atoms with Gasteiger partial charge in [-0.05, 0) is 31.4 Å². The minimum Gasteiger partial charge on any atom is -0.337 e. The summed E-state index contributed by atoms with van der Waals surface area (Å²) in [4.78, 5) is 1.94. The maximum absolute atomic E-state index is 12.4. The highest BCUT2D eigenvalue weighted by atomic mass is 32.2. The van der Waals surface area contributed by atoms with Crippen molar-refractivity contribution in [2.24, 2.45) is 5.92 Å². The van der Waals surface area contributed by atoms with Crippen LogP contribution in [0, 0.1) is 19.8 Å². The molecular weight excluding hydrogens is 272 g/mol. The molecule has 20 heavy (non-hydrogen) atoms. The summed E-state index contributed by atoms with van der Waals surface area (Å²) in [6, 6.07) is 5.46. The molecule has 1 aromatic rings. The van der Waals surface area contributed by atoms with E-state index in [1.165, 1.54) is 0 Å². The lowest BCUT2D eigenvalue weighted by atomic mass is 9.98. The minimum absolute atomic E-state index is 0.404. The fraction of sp³-hybridized carbons (Fsp3) is 0.600. The summed E-state index contributed by atoms with van der Waals surface area (Å²) in [7, 11) is -1.19. The molecule has 2 rings (SSSR count). The lowest BCUT2D eigenvalue weighted by molar-refractivity contribution is -0.885. The van der Waals surface area contributed by atoms with Gasteiger partial charge in [-0.15, -0.1) is 0 Å². The highest BCUT2D eigenvalue weighted by Gasteiger charge is 2.22. The Bertz CT molecular complexity index is 561. The zero-order chi connectivity index (χ0) is 14.8. The van der Waals surface area contributed by atoms with Crippen molar-refractivity contribution >= 4 is 10.0 Å². The first kappa shape index (κ1) is 15.5. The van der Waals surface area contributed by atoms with Gasteiger partial charge in [0.1, 0.15) is 0 Å². The lowest BCUT2D eigenvalue weighted by Crippen LogP contribution is -3.10. The molecule has 0 unspecified atom stereocenters. The molecule has 2 N–H and O–H groups in total. The smallest absolute Gasteiger partial charge is 0.240 e. The van der Waals surface area contributed by atoms with Gasteiger partial charge in [0.2, 0.25) is 10.0 Å². The molecule has 0 aromatic heterocycles. The van der Waals surface area contributed by atoms with Crippen LogP contribution in [0.1, 0.15) is 24.0 Å². The van der Waals surface area contributed by atoms with Crippen LogP contribution in [0.3, 0.4) is 0 Å². The zero-order valence-electron chi connectivity index (χ0n) is 12.6. The van der Waals surface area contributed by atoms with Crippen LogP contribution in [0.4, 0.5) is 0 Å². The summed E-state index contributed by atoms with van der Waals surface area (Å²) in [6.45, 7) is 6.65. The highest BCUT2D eigenvalue weighted by molar-refractivity contribution is 7.89. The van der Waals surface area contributed by atoms with Crippen LogP contribution in [0.5, 0.6) is 0 Å². The average Bonchev–Trinajstić information content (AvgIpc) is 2.37. The Morgan fingerprint density at radius 1 is 1.25 bits per heavy atom. The first-order valence-corrected chi connectivity index (χ1v) is 8.75. The third-order valence-corrected chi connectivity index (χ3v) is 5.72. The largest absolute Gasteiger partial charge is 0.337 e. The van der Waals surface area contributed by atoms with Gasteiger partial charge in [-0.1, -0.05) is 17.7 Å². The number of nitrogens with one attached hydrogen (secondary N) is 2. The predicted octanol–water partition coefficient (Wildman–Crippen LogP) is 0.506. The second-order valence-electron chi connectivity index (χ2n) is 6.02. The van der Waals surface area contributed by atoms with Crippen molar-refractivity contribution < 1.29 is 13.3 Å². The van der Waals surface area contributed by atoms with Crippen LogP contribution in [0.2, 0.25) is 0 Å². The van der Waals surface area contributed by atoms with E-state index in [2.05, 4.69) is 11.8 Å². The third-order valence-electron chi connectivity index (χ3n) is 4.14. The van der Waals surface area contributed by atoms with E-state index in [-0.39, 0.29) is 0 Å². The minimum atomic E-state index is -3.38. The fourth-order valence-corrected chi connectivity index (χ4v) is 4.12. The van der Waals surface area contributed by atoms with Gasteiger partial charge in [0.25, 0.3) is 0 Å². The average molecular weight is 297 g/mol. The van der Waals surface area contributed by atoms with Gasteiger partial charge >= 0.3 is 0 Å². The standard InChI is InChI=1S/C15H24N2O2S/c1-12-4-5-15(13(2)10-12)20(18,19)16-11-14-6-8-17(3)9-7-14/h4-5,10,14,16H,6-9,11H2,1-3H3/p+1. The summed E-state index contributed by atoms with van der Waals surface area (Å²) in [5.74, 6) is 0.472. The number of rotatable bonds is 4. The molecule has 0 amide bonds. The number of benzene rings is 1. The van der Waals surface area contributed by atoms with E-state index < -0.39 is 10.0 Å². The molecule has 0 atom stereocenters. The summed E-state index contributed by atoms with van der Waals surface area (Å²) in [5, 5.41) is 0. The molecule has 0 saturated carbocycles. The van der Waals surface area contributed by atoms with Gasteiger partial charge in [0.05, 0.1) is 25.0 Å². The molecule has 1 saturated heterocycles. The van der Waals surface area contributed by atoms with Crippen molar-refractivity contribution in [3.8, 4) is 0 Å². The van der Waals surface area contributed by atoms with Gasteiger partial charge in [-0.3, -0.25) is 0 Å². The quantitative estimate of drug-likeness (QED) is 0.851. The Morgan fingerprint density at radius 2 is 1.90 bits per heavy atom. The monoisotopic (exact) mass is 297 g/mol. The van der Waals surface area contributed by atoms with Crippen molar-refractivity contribution in [1.29, 1.82) is 0 Å². The van der Waals surface area contributed by atoms with Gasteiger partial charge in [0, 0.05) is 19.4 Å².